The molecule has 0 spiro atoms. The normalized spacial score (nSPS) is 13.8. The van der Waals surface area contributed by atoms with Gasteiger partial charge < -0.3 is 4.74 Å². The predicted molar refractivity (Wildman–Crippen MR) is 94.9 cm³/mol. The Kier molecular flexibility index (Phi) is 5.02. The van der Waals surface area contributed by atoms with Crippen molar-refractivity contribution in [1.29, 1.82) is 0 Å². The van der Waals surface area contributed by atoms with Gasteiger partial charge >= 0.3 is 5.97 Å². The topological polar surface area (TPSA) is 54.8 Å². The molecule has 1 aromatic carbocycles. The van der Waals surface area contributed by atoms with Crippen LogP contribution in [0.3, 0.4) is 0 Å². The smallest absolute Gasteiger partial charge is 0.338 e. The third-order valence-corrected chi connectivity index (χ3v) is 4.16. The first-order chi connectivity index (χ1) is 11.5. The first kappa shape index (κ1) is 16.7. The second kappa shape index (κ2) is 7.20. The molecular formula is C17H15Cl2N3O2. The summed E-state index contributed by atoms with van der Waals surface area (Å²) in [5.74, 6) is -0.444. The van der Waals surface area contributed by atoms with Gasteiger partial charge in [0.25, 0.3) is 0 Å². The van der Waals surface area contributed by atoms with Gasteiger partial charge in [-0.15, -0.1) is 0 Å². The molecule has 7 heteroatoms. The number of aromatic nitrogens is 1. The van der Waals surface area contributed by atoms with Crippen LogP contribution in [0.4, 0.5) is 5.69 Å². The summed E-state index contributed by atoms with van der Waals surface area (Å²) in [5, 5.41) is 7.05. The maximum absolute atomic E-state index is 12.1. The molecule has 5 nitrogen and oxygen atoms in total. The molecule has 24 heavy (non-hydrogen) atoms. The van der Waals surface area contributed by atoms with Crippen molar-refractivity contribution in [2.45, 2.75) is 20.0 Å². The molecular weight excluding hydrogens is 349 g/mol. The fraction of sp³-hybridized carbons (Fsp3) is 0.235. The Labute approximate surface area is 149 Å². The number of anilines is 1. The predicted octanol–water partition coefficient (Wildman–Crippen LogP) is 4.33. The van der Waals surface area contributed by atoms with Crippen molar-refractivity contribution in [2.24, 2.45) is 5.10 Å². The molecule has 0 radical (unpaired) electrons. The number of carbonyl (C=O) groups is 1. The Morgan fingerprint density at radius 1 is 1.21 bits per heavy atom. The largest absolute Gasteiger partial charge is 0.456 e. The SMILES string of the molecule is CC1=NN(c2ccc(C(=O)OCc3nc(Cl)ccc3Cl)cc2)CC1. The summed E-state index contributed by atoms with van der Waals surface area (Å²) in [7, 11) is 0. The van der Waals surface area contributed by atoms with Crippen LogP contribution < -0.4 is 5.01 Å². The highest BCUT2D eigenvalue weighted by atomic mass is 35.5. The lowest BCUT2D eigenvalue weighted by atomic mass is 10.2. The second-order valence-electron chi connectivity index (χ2n) is 5.39. The lowest BCUT2D eigenvalue weighted by molar-refractivity contribution is 0.0468. The zero-order valence-corrected chi connectivity index (χ0v) is 14.5. The van der Waals surface area contributed by atoms with Gasteiger partial charge in [0.1, 0.15) is 11.8 Å². The van der Waals surface area contributed by atoms with Crippen LogP contribution >= 0.6 is 23.2 Å². The molecule has 0 aliphatic carbocycles. The summed E-state index contributed by atoms with van der Waals surface area (Å²) < 4.78 is 5.25. The van der Waals surface area contributed by atoms with Gasteiger partial charge in [0.05, 0.1) is 22.0 Å². The number of hydrogen-bond donors (Lipinski definition) is 0. The second-order valence-corrected chi connectivity index (χ2v) is 6.19. The van der Waals surface area contributed by atoms with Crippen LogP contribution in [0.25, 0.3) is 0 Å². The monoisotopic (exact) mass is 363 g/mol. The molecule has 0 unspecified atom stereocenters. The Bertz CT molecular complexity index is 791. The van der Waals surface area contributed by atoms with Crippen molar-refractivity contribution in [3.63, 3.8) is 0 Å². The van der Waals surface area contributed by atoms with Crippen LogP contribution in [0, 0.1) is 0 Å². The Balaban J connectivity index is 1.64. The summed E-state index contributed by atoms with van der Waals surface area (Å²) in [6.07, 6.45) is 0.956. The van der Waals surface area contributed by atoms with Gasteiger partial charge in [-0.05, 0) is 43.3 Å². The molecule has 2 aromatic rings. The third kappa shape index (κ3) is 3.86. The molecule has 0 N–H and O–H groups in total. The first-order valence-electron chi connectivity index (χ1n) is 7.42. The molecule has 0 amide bonds. The molecule has 0 fully saturated rings. The van der Waals surface area contributed by atoms with E-state index < -0.39 is 5.97 Å². The van der Waals surface area contributed by atoms with E-state index in [9.17, 15) is 4.79 Å². The zero-order valence-electron chi connectivity index (χ0n) is 13.0. The van der Waals surface area contributed by atoms with Gasteiger partial charge in [-0.25, -0.2) is 9.78 Å². The maximum atomic E-state index is 12.1. The number of carbonyl (C=O) groups excluding carboxylic acids is 1. The van der Waals surface area contributed by atoms with E-state index in [1.165, 1.54) is 0 Å². The Morgan fingerprint density at radius 3 is 2.62 bits per heavy atom. The summed E-state index contributed by atoms with van der Waals surface area (Å²) >= 11 is 11.8. The van der Waals surface area contributed by atoms with Crippen molar-refractivity contribution in [3.05, 3.63) is 57.8 Å². The van der Waals surface area contributed by atoms with Gasteiger partial charge in [0.2, 0.25) is 0 Å². The summed E-state index contributed by atoms with van der Waals surface area (Å²) in [6.45, 7) is 2.82. The number of benzene rings is 1. The van der Waals surface area contributed by atoms with Crippen LogP contribution in [0.2, 0.25) is 10.2 Å². The van der Waals surface area contributed by atoms with E-state index in [1.54, 1.807) is 24.3 Å². The molecule has 1 aliphatic rings. The minimum absolute atomic E-state index is 0.0322. The molecule has 0 saturated heterocycles. The van der Waals surface area contributed by atoms with E-state index in [2.05, 4.69) is 10.1 Å². The van der Waals surface area contributed by atoms with Crippen LogP contribution in [0.15, 0.2) is 41.5 Å². The number of esters is 1. The van der Waals surface area contributed by atoms with Gasteiger partial charge in [-0.2, -0.15) is 5.10 Å². The average molecular weight is 364 g/mol. The van der Waals surface area contributed by atoms with Crippen LogP contribution in [0.1, 0.15) is 29.4 Å². The lowest BCUT2D eigenvalue weighted by Gasteiger charge is -2.13. The Morgan fingerprint density at radius 2 is 1.96 bits per heavy atom. The van der Waals surface area contributed by atoms with Crippen LogP contribution in [-0.2, 0) is 11.3 Å². The number of hydrazone groups is 1. The minimum atomic E-state index is -0.444. The fourth-order valence-electron chi connectivity index (χ4n) is 2.31. The van der Waals surface area contributed by atoms with Crippen molar-refractivity contribution in [1.82, 2.24) is 4.98 Å². The molecule has 3 rings (SSSR count). The zero-order chi connectivity index (χ0) is 17.1. The average Bonchev–Trinajstić information content (AvgIpc) is 3.02. The van der Waals surface area contributed by atoms with E-state index in [0.29, 0.717) is 21.4 Å². The summed E-state index contributed by atoms with van der Waals surface area (Å²) in [5.41, 5.74) is 2.93. The van der Waals surface area contributed by atoms with Crippen molar-refractivity contribution >= 4 is 40.6 Å². The first-order valence-corrected chi connectivity index (χ1v) is 8.18. The van der Waals surface area contributed by atoms with Crippen LogP contribution in [0.5, 0.6) is 0 Å². The molecule has 0 atom stereocenters. The number of pyridine rings is 1. The van der Waals surface area contributed by atoms with Gasteiger partial charge in [-0.1, -0.05) is 23.2 Å². The van der Waals surface area contributed by atoms with Crippen molar-refractivity contribution in [3.8, 4) is 0 Å². The number of halogens is 2. The lowest BCUT2D eigenvalue weighted by Crippen LogP contribution is -2.12. The maximum Gasteiger partial charge on any atom is 0.338 e. The highest BCUT2D eigenvalue weighted by Gasteiger charge is 2.14. The molecule has 1 aliphatic heterocycles. The number of hydrogen-bond acceptors (Lipinski definition) is 5. The fourth-order valence-corrected chi connectivity index (χ4v) is 2.63. The van der Waals surface area contributed by atoms with Crippen molar-refractivity contribution < 1.29 is 9.53 Å². The van der Waals surface area contributed by atoms with Gasteiger partial charge in [-0.3, -0.25) is 5.01 Å². The quantitative estimate of drug-likeness (QED) is 0.599. The molecule has 2 heterocycles. The highest BCUT2D eigenvalue weighted by Crippen LogP contribution is 2.21. The third-order valence-electron chi connectivity index (χ3n) is 3.60. The standard InChI is InChI=1S/C17H15Cl2N3O2/c1-11-8-9-22(21-11)13-4-2-12(3-5-13)17(23)24-10-15-14(18)6-7-16(19)20-15/h2-7H,8-10H2,1H3. The molecule has 0 saturated carbocycles. The molecule has 1 aromatic heterocycles. The number of ether oxygens (including phenoxy) is 1. The molecule has 124 valence electrons. The Hall–Kier alpha value is -2.11. The summed E-state index contributed by atoms with van der Waals surface area (Å²) in [6, 6.07) is 10.3. The van der Waals surface area contributed by atoms with E-state index in [1.807, 2.05) is 24.1 Å². The highest BCUT2D eigenvalue weighted by molar-refractivity contribution is 6.32. The van der Waals surface area contributed by atoms with Gasteiger partial charge in [0.15, 0.2) is 0 Å². The number of nitrogens with zero attached hydrogens (tertiary/aromatic N) is 3. The summed E-state index contributed by atoms with van der Waals surface area (Å²) in [4.78, 5) is 16.2. The van der Waals surface area contributed by atoms with Crippen molar-refractivity contribution in [2.75, 3.05) is 11.6 Å². The van der Waals surface area contributed by atoms with E-state index in [0.717, 1.165) is 24.4 Å². The van der Waals surface area contributed by atoms with Crippen LogP contribution in [-0.4, -0.2) is 23.2 Å². The van der Waals surface area contributed by atoms with E-state index in [-0.39, 0.29) is 6.61 Å². The van der Waals surface area contributed by atoms with E-state index in [4.69, 9.17) is 27.9 Å². The minimum Gasteiger partial charge on any atom is -0.456 e. The molecule has 0 bridgehead atoms. The van der Waals surface area contributed by atoms with Gasteiger partial charge in [0, 0.05) is 18.7 Å². The number of rotatable bonds is 4. The van der Waals surface area contributed by atoms with E-state index >= 15 is 0 Å².